The highest BCUT2D eigenvalue weighted by atomic mass is 16.5. The maximum Gasteiger partial charge on any atom is 0.247 e. The van der Waals surface area contributed by atoms with Crippen LogP contribution in [-0.2, 0) is 18.3 Å². The van der Waals surface area contributed by atoms with E-state index in [9.17, 15) is 4.79 Å². The van der Waals surface area contributed by atoms with Crippen molar-refractivity contribution in [3.05, 3.63) is 66.6 Å². The van der Waals surface area contributed by atoms with Crippen molar-refractivity contribution in [3.63, 3.8) is 0 Å². The number of nitrogens with one attached hydrogen (secondary N) is 2. The Kier molecular flexibility index (Phi) is 7.98. The molecule has 4 rings (SSSR count). The van der Waals surface area contributed by atoms with Gasteiger partial charge in [-0.1, -0.05) is 18.7 Å². The van der Waals surface area contributed by atoms with E-state index >= 15 is 0 Å². The number of hydrogen-bond donors (Lipinski definition) is 2. The van der Waals surface area contributed by atoms with E-state index in [2.05, 4.69) is 62.0 Å². The van der Waals surface area contributed by atoms with Gasteiger partial charge in [0.1, 0.15) is 11.6 Å². The normalized spacial score (nSPS) is 12.3. The maximum atomic E-state index is 12.2. The fraction of sp³-hybridized carbons (Fsp3) is 0.310. The van der Waals surface area contributed by atoms with Crippen molar-refractivity contribution in [2.45, 2.75) is 12.8 Å². The Morgan fingerprint density at radius 2 is 2.03 bits per heavy atom. The Hall–Kier alpha value is -4.04. The van der Waals surface area contributed by atoms with Gasteiger partial charge in [-0.2, -0.15) is 0 Å². The van der Waals surface area contributed by atoms with Gasteiger partial charge in [0.2, 0.25) is 5.91 Å². The van der Waals surface area contributed by atoms with Gasteiger partial charge >= 0.3 is 0 Å². The monoisotopic (exact) mass is 500 g/mol. The molecule has 8 heteroatoms. The van der Waals surface area contributed by atoms with E-state index in [0.717, 1.165) is 37.2 Å². The largest absolute Gasteiger partial charge is 0.494 e. The quantitative estimate of drug-likeness (QED) is 0.385. The first kappa shape index (κ1) is 26.0. The third-order valence-corrected chi connectivity index (χ3v) is 6.57. The number of anilines is 4. The number of carbonyl (C=O) groups is 1. The lowest BCUT2D eigenvalue weighted by molar-refractivity contribution is -0.111. The lowest BCUT2D eigenvalue weighted by Crippen LogP contribution is -2.29. The number of likely N-dealkylation sites (N-methyl/N-ethyl adjacent to an activating group) is 2. The fourth-order valence-electron chi connectivity index (χ4n) is 4.55. The van der Waals surface area contributed by atoms with Crippen LogP contribution in [0.1, 0.15) is 17.7 Å². The van der Waals surface area contributed by atoms with Gasteiger partial charge in [0.25, 0.3) is 0 Å². The Labute approximate surface area is 219 Å². The van der Waals surface area contributed by atoms with E-state index in [4.69, 9.17) is 4.74 Å². The van der Waals surface area contributed by atoms with E-state index in [-0.39, 0.29) is 5.91 Å². The highest BCUT2D eigenvalue weighted by Gasteiger charge is 2.18. The number of fused-ring (bicyclic) bond motifs is 1. The number of aryl methyl sites for hydroxylation is 1. The first-order valence-corrected chi connectivity index (χ1v) is 12.4. The van der Waals surface area contributed by atoms with Crippen molar-refractivity contribution >= 4 is 34.9 Å². The molecule has 1 aromatic carbocycles. The highest BCUT2D eigenvalue weighted by molar-refractivity contribution is 6.02. The standard InChI is InChI=1S/C29H36N6O2/c1-7-29(36)32-23-17-24(27(37-6)18-26(23)34(4)15-14-33(2)3)31-28-16-20(12-13-30-28)22-19-35(5)25-11-9-8-10-21(22)25/h7-8,10,12-13,16-19H,1,9,11,14-15H2,2-6H3,(H,30,31)(H,32,36). The molecule has 0 unspecified atom stereocenters. The lowest BCUT2D eigenvalue weighted by atomic mass is 9.98. The number of aromatic nitrogens is 2. The van der Waals surface area contributed by atoms with Crippen LogP contribution in [0, 0.1) is 0 Å². The van der Waals surface area contributed by atoms with Crippen LogP contribution in [-0.4, -0.2) is 61.7 Å². The molecule has 0 saturated heterocycles. The second-order valence-corrected chi connectivity index (χ2v) is 9.50. The zero-order chi connectivity index (χ0) is 26.5. The van der Waals surface area contributed by atoms with Crippen molar-refractivity contribution < 1.29 is 9.53 Å². The molecule has 0 saturated carbocycles. The van der Waals surface area contributed by atoms with Crippen molar-refractivity contribution in [2.24, 2.45) is 7.05 Å². The van der Waals surface area contributed by atoms with Gasteiger partial charge < -0.3 is 29.7 Å². The lowest BCUT2D eigenvalue weighted by Gasteiger charge is -2.26. The molecule has 0 atom stereocenters. The Morgan fingerprint density at radius 3 is 2.76 bits per heavy atom. The summed E-state index contributed by atoms with van der Waals surface area (Å²) in [7, 11) is 9.80. The molecule has 2 aromatic heterocycles. The molecule has 0 aliphatic heterocycles. The number of carbonyl (C=O) groups excluding carboxylic acids is 1. The third kappa shape index (κ3) is 5.86. The minimum atomic E-state index is -0.277. The number of amides is 1. The number of allylic oxidation sites excluding steroid dienone is 1. The molecule has 1 amide bonds. The summed E-state index contributed by atoms with van der Waals surface area (Å²) in [5.41, 5.74) is 7.09. The number of rotatable bonds is 10. The first-order chi connectivity index (χ1) is 17.8. The summed E-state index contributed by atoms with van der Waals surface area (Å²) in [5.74, 6) is 1.05. The summed E-state index contributed by atoms with van der Waals surface area (Å²) in [6.45, 7) is 5.24. The number of benzene rings is 1. The first-order valence-electron chi connectivity index (χ1n) is 12.4. The minimum absolute atomic E-state index is 0.277. The van der Waals surface area contributed by atoms with Crippen LogP contribution >= 0.6 is 0 Å². The molecule has 1 aliphatic carbocycles. The van der Waals surface area contributed by atoms with Crippen LogP contribution in [0.5, 0.6) is 5.75 Å². The van der Waals surface area contributed by atoms with Gasteiger partial charge in [0.15, 0.2) is 0 Å². The fourth-order valence-corrected chi connectivity index (χ4v) is 4.55. The summed E-state index contributed by atoms with van der Waals surface area (Å²) in [4.78, 5) is 21.0. The molecule has 3 aromatic rings. The molecular weight excluding hydrogens is 464 g/mol. The number of methoxy groups -OCH3 is 1. The van der Waals surface area contributed by atoms with Gasteiger partial charge in [-0.15, -0.1) is 0 Å². The summed E-state index contributed by atoms with van der Waals surface area (Å²) in [5, 5.41) is 6.35. The molecule has 0 bridgehead atoms. The van der Waals surface area contributed by atoms with E-state index in [1.165, 1.54) is 22.9 Å². The van der Waals surface area contributed by atoms with E-state index in [1.807, 2.05) is 45.4 Å². The summed E-state index contributed by atoms with van der Waals surface area (Å²) >= 11 is 0. The predicted molar refractivity (Wildman–Crippen MR) is 153 cm³/mol. The van der Waals surface area contributed by atoms with Crippen LogP contribution in [0.4, 0.5) is 22.9 Å². The maximum absolute atomic E-state index is 12.2. The smallest absolute Gasteiger partial charge is 0.247 e. The summed E-state index contributed by atoms with van der Waals surface area (Å²) in [6, 6.07) is 7.87. The average Bonchev–Trinajstić information content (AvgIpc) is 3.24. The number of ether oxygens (including phenoxy) is 1. The molecule has 37 heavy (non-hydrogen) atoms. The van der Waals surface area contributed by atoms with Gasteiger partial charge in [0, 0.05) is 62.5 Å². The summed E-state index contributed by atoms with van der Waals surface area (Å²) in [6.07, 6.45) is 11.8. The van der Waals surface area contributed by atoms with E-state index in [0.29, 0.717) is 22.9 Å². The molecular formula is C29H36N6O2. The van der Waals surface area contributed by atoms with Gasteiger partial charge in [-0.25, -0.2) is 4.98 Å². The predicted octanol–water partition coefficient (Wildman–Crippen LogP) is 4.92. The molecule has 8 nitrogen and oxygen atoms in total. The zero-order valence-electron chi connectivity index (χ0n) is 22.3. The Morgan fingerprint density at radius 1 is 1.22 bits per heavy atom. The van der Waals surface area contributed by atoms with Crippen LogP contribution in [0.3, 0.4) is 0 Å². The topological polar surface area (TPSA) is 74.7 Å². The average molecular weight is 501 g/mol. The molecule has 0 radical (unpaired) electrons. The minimum Gasteiger partial charge on any atom is -0.494 e. The van der Waals surface area contributed by atoms with E-state index < -0.39 is 0 Å². The van der Waals surface area contributed by atoms with Gasteiger partial charge in [-0.05, 0) is 56.8 Å². The molecule has 0 fully saturated rings. The van der Waals surface area contributed by atoms with Crippen LogP contribution < -0.4 is 20.3 Å². The second-order valence-electron chi connectivity index (χ2n) is 9.50. The Balaban J connectivity index is 1.69. The molecule has 0 spiro atoms. The van der Waals surface area contributed by atoms with Gasteiger partial charge in [0.05, 0.1) is 24.2 Å². The second kappa shape index (κ2) is 11.3. The zero-order valence-corrected chi connectivity index (χ0v) is 22.3. The van der Waals surface area contributed by atoms with Crippen LogP contribution in [0.25, 0.3) is 17.2 Å². The van der Waals surface area contributed by atoms with Crippen molar-refractivity contribution in [1.82, 2.24) is 14.5 Å². The van der Waals surface area contributed by atoms with Crippen LogP contribution in [0.2, 0.25) is 0 Å². The van der Waals surface area contributed by atoms with E-state index in [1.54, 1.807) is 13.3 Å². The number of pyridine rings is 1. The molecule has 1 aliphatic rings. The number of nitrogens with zero attached hydrogens (tertiary/aromatic N) is 4. The van der Waals surface area contributed by atoms with Crippen molar-refractivity contribution in [3.8, 4) is 16.9 Å². The number of hydrogen-bond acceptors (Lipinski definition) is 6. The summed E-state index contributed by atoms with van der Waals surface area (Å²) < 4.78 is 7.95. The molecule has 194 valence electrons. The van der Waals surface area contributed by atoms with Crippen molar-refractivity contribution in [1.29, 1.82) is 0 Å². The van der Waals surface area contributed by atoms with Crippen LogP contribution in [0.15, 0.2) is 55.4 Å². The van der Waals surface area contributed by atoms with Gasteiger partial charge in [-0.3, -0.25) is 4.79 Å². The van der Waals surface area contributed by atoms with Crippen molar-refractivity contribution in [2.75, 3.05) is 56.9 Å². The SMILES string of the molecule is C=CC(=O)Nc1cc(Nc2cc(-c3cn(C)c4c3C=CCC4)ccn2)c(OC)cc1N(C)CCN(C)C. The third-order valence-electron chi connectivity index (χ3n) is 6.57. The Bertz CT molecular complexity index is 1320. The molecule has 2 heterocycles. The highest BCUT2D eigenvalue weighted by Crippen LogP contribution is 2.39. The molecule has 2 N–H and O–H groups in total.